The normalized spacial score (nSPS) is 13.5. The number of hydrogen-bond acceptors (Lipinski definition) is 9. The number of rotatable bonds is 48. The Morgan fingerprint density at radius 1 is 0.450 bits per heavy atom. The molecule has 60 heavy (non-hydrogen) atoms. The molecule has 0 radical (unpaired) electrons. The van der Waals surface area contributed by atoms with Gasteiger partial charge < -0.3 is 25.2 Å². The molecular weight excluding hydrogens is 781 g/mol. The van der Waals surface area contributed by atoms with E-state index >= 15 is 0 Å². The number of phosphoric acid groups is 1. The van der Waals surface area contributed by atoms with Crippen LogP contribution in [-0.4, -0.2) is 59.9 Å². The Balaban J connectivity index is 4.21. The van der Waals surface area contributed by atoms with Gasteiger partial charge in [0.25, 0.3) is 0 Å². The van der Waals surface area contributed by atoms with Crippen molar-refractivity contribution in [3.63, 3.8) is 0 Å². The van der Waals surface area contributed by atoms with Crippen molar-refractivity contribution >= 4 is 25.7 Å². The van der Waals surface area contributed by atoms with Crippen LogP contribution in [0.25, 0.3) is 0 Å². The Morgan fingerprint density at radius 2 is 0.733 bits per heavy atom. The minimum atomic E-state index is -4.71. The lowest BCUT2D eigenvalue weighted by Gasteiger charge is -2.20. The fourth-order valence-electron chi connectivity index (χ4n) is 7.42. The predicted octanol–water partition coefficient (Wildman–Crippen LogP) is 13.9. The molecule has 0 saturated heterocycles. The average molecular weight is 876 g/mol. The van der Waals surface area contributed by atoms with Crippen LogP contribution in [0.5, 0.6) is 0 Å². The molecule has 356 valence electrons. The molecule has 12 heteroatoms. The van der Waals surface area contributed by atoms with Gasteiger partial charge in [0.2, 0.25) is 0 Å². The zero-order chi connectivity index (χ0) is 44.2. The van der Waals surface area contributed by atoms with E-state index < -0.39 is 51.1 Å². The molecule has 0 bridgehead atoms. The number of carbonyl (C=O) groups is 3. The van der Waals surface area contributed by atoms with E-state index in [9.17, 15) is 23.8 Å². The van der Waals surface area contributed by atoms with Gasteiger partial charge >= 0.3 is 25.7 Å². The predicted molar refractivity (Wildman–Crippen MR) is 245 cm³/mol. The van der Waals surface area contributed by atoms with Crippen molar-refractivity contribution < 1.29 is 47.5 Å². The Bertz CT molecular complexity index is 1030. The Kier molecular flexibility index (Phi) is 43.0. The molecule has 11 nitrogen and oxygen atoms in total. The summed E-state index contributed by atoms with van der Waals surface area (Å²) in [6, 6.07) is -1.52. The van der Waals surface area contributed by atoms with Crippen molar-refractivity contribution in [2.24, 2.45) is 5.73 Å². The Hall–Kier alpha value is -1.52. The van der Waals surface area contributed by atoms with E-state index in [0.717, 1.165) is 38.5 Å². The van der Waals surface area contributed by atoms with Crippen molar-refractivity contribution in [1.29, 1.82) is 0 Å². The third-order valence-corrected chi connectivity index (χ3v) is 12.3. The van der Waals surface area contributed by atoms with Crippen LogP contribution in [0.1, 0.15) is 258 Å². The summed E-state index contributed by atoms with van der Waals surface area (Å²) in [5.41, 5.74) is 5.35. The summed E-state index contributed by atoms with van der Waals surface area (Å²) in [5, 5.41) is 8.91. The van der Waals surface area contributed by atoms with Gasteiger partial charge in [-0.25, -0.2) is 4.57 Å². The maximum absolute atomic E-state index is 12.7. The monoisotopic (exact) mass is 876 g/mol. The van der Waals surface area contributed by atoms with E-state index in [4.69, 9.17) is 24.8 Å². The number of unbranched alkanes of at least 4 members (excludes halogenated alkanes) is 34. The van der Waals surface area contributed by atoms with Crippen LogP contribution in [-0.2, 0) is 37.5 Å². The molecule has 0 rings (SSSR count). The highest BCUT2D eigenvalue weighted by Gasteiger charge is 2.28. The molecule has 0 fully saturated rings. The molecule has 0 amide bonds. The molecule has 3 atom stereocenters. The molecule has 0 aromatic heterocycles. The molecule has 0 saturated carbocycles. The Morgan fingerprint density at radius 3 is 1.05 bits per heavy atom. The molecule has 0 aliphatic heterocycles. The van der Waals surface area contributed by atoms with E-state index in [1.165, 1.54) is 180 Å². The zero-order valence-electron chi connectivity index (χ0n) is 38.8. The number of hydrogen-bond donors (Lipinski definition) is 3. The average Bonchev–Trinajstić information content (AvgIpc) is 3.22. The second-order valence-electron chi connectivity index (χ2n) is 17.3. The first-order chi connectivity index (χ1) is 29.1. The first-order valence-electron chi connectivity index (χ1n) is 25.1. The number of esters is 2. The minimum Gasteiger partial charge on any atom is -0.480 e. The molecule has 0 aliphatic carbocycles. The molecule has 4 N–H and O–H groups in total. The van der Waals surface area contributed by atoms with Gasteiger partial charge in [0.05, 0.1) is 13.2 Å². The second-order valence-corrected chi connectivity index (χ2v) is 18.8. The largest absolute Gasteiger partial charge is 0.480 e. The van der Waals surface area contributed by atoms with Gasteiger partial charge in [-0.2, -0.15) is 0 Å². The first-order valence-corrected chi connectivity index (χ1v) is 26.6. The highest BCUT2D eigenvalue weighted by molar-refractivity contribution is 7.47. The van der Waals surface area contributed by atoms with Crippen LogP contribution in [0.3, 0.4) is 0 Å². The summed E-state index contributed by atoms with van der Waals surface area (Å²) in [4.78, 5) is 46.1. The van der Waals surface area contributed by atoms with E-state index in [1.807, 2.05) is 0 Å². The highest BCUT2D eigenvalue weighted by atomic mass is 31.2. The van der Waals surface area contributed by atoms with Crippen LogP contribution in [0, 0.1) is 0 Å². The lowest BCUT2D eigenvalue weighted by atomic mass is 10.0. The van der Waals surface area contributed by atoms with Crippen LogP contribution in [0.15, 0.2) is 0 Å². The van der Waals surface area contributed by atoms with Crippen molar-refractivity contribution in [3.05, 3.63) is 0 Å². The van der Waals surface area contributed by atoms with Gasteiger partial charge in [-0.05, 0) is 12.8 Å². The summed E-state index contributed by atoms with van der Waals surface area (Å²) in [7, 11) is -4.71. The molecule has 0 aromatic carbocycles. The van der Waals surface area contributed by atoms with E-state index in [1.54, 1.807) is 0 Å². The fourth-order valence-corrected chi connectivity index (χ4v) is 8.20. The van der Waals surface area contributed by atoms with Crippen LogP contribution >= 0.6 is 7.82 Å². The standard InChI is InChI=1S/C48H94NO10P/c1-3-5-7-9-11-13-15-17-19-21-22-24-25-27-29-31-33-35-37-39-46(50)56-41-44(42-57-60(54,55)58-43-45(49)48(52)53)59-47(51)40-38-36-34-32-30-28-26-23-20-18-16-14-12-10-8-6-4-2/h44-45H,3-43,49H2,1-2H3,(H,52,53)(H,54,55)/t44-,45+/m1/s1. The number of phosphoric ester groups is 1. The zero-order valence-corrected chi connectivity index (χ0v) is 39.7. The number of ether oxygens (including phenoxy) is 2. The number of nitrogens with two attached hydrogens (primary N) is 1. The van der Waals surface area contributed by atoms with Crippen molar-refractivity contribution in [3.8, 4) is 0 Å². The van der Waals surface area contributed by atoms with Crippen molar-refractivity contribution in [1.82, 2.24) is 0 Å². The smallest absolute Gasteiger partial charge is 0.472 e. The van der Waals surface area contributed by atoms with Crippen LogP contribution in [0.2, 0.25) is 0 Å². The van der Waals surface area contributed by atoms with Gasteiger partial charge in [0, 0.05) is 12.8 Å². The number of aliphatic carboxylic acids is 1. The highest BCUT2D eigenvalue weighted by Crippen LogP contribution is 2.43. The minimum absolute atomic E-state index is 0.170. The summed E-state index contributed by atoms with van der Waals surface area (Å²) >= 11 is 0. The lowest BCUT2D eigenvalue weighted by Crippen LogP contribution is -2.34. The van der Waals surface area contributed by atoms with Crippen LogP contribution in [0.4, 0.5) is 0 Å². The number of carboxylic acids is 1. The topological polar surface area (TPSA) is 172 Å². The van der Waals surface area contributed by atoms with Gasteiger partial charge in [0.1, 0.15) is 12.6 Å². The molecule has 0 aromatic rings. The molecule has 0 heterocycles. The van der Waals surface area contributed by atoms with Crippen molar-refractivity contribution in [2.75, 3.05) is 19.8 Å². The summed E-state index contributed by atoms with van der Waals surface area (Å²) in [6.45, 7) is 2.87. The maximum Gasteiger partial charge on any atom is 0.472 e. The third kappa shape index (κ3) is 43.1. The van der Waals surface area contributed by atoms with Gasteiger partial charge in [-0.15, -0.1) is 0 Å². The second kappa shape index (κ2) is 44.1. The third-order valence-electron chi connectivity index (χ3n) is 11.4. The van der Waals surface area contributed by atoms with Crippen molar-refractivity contribution in [2.45, 2.75) is 270 Å². The molecule has 0 aliphatic rings. The fraction of sp³-hybridized carbons (Fsp3) is 0.938. The summed E-state index contributed by atoms with van der Waals surface area (Å²) in [6.07, 6.45) is 44.5. The SMILES string of the molecule is CCCCCCCCCCCCCCCCCCCCCC(=O)OC[C@H](COP(=O)(O)OC[C@H](N)C(=O)O)OC(=O)CCCCCCCCCCCCCCCCCCC. The first kappa shape index (κ1) is 58.5. The molecule has 0 spiro atoms. The van der Waals surface area contributed by atoms with Gasteiger partial charge in [-0.1, -0.05) is 232 Å². The lowest BCUT2D eigenvalue weighted by molar-refractivity contribution is -0.161. The number of carbonyl (C=O) groups excluding carboxylic acids is 2. The summed E-state index contributed by atoms with van der Waals surface area (Å²) in [5.74, 6) is -2.35. The van der Waals surface area contributed by atoms with Crippen LogP contribution < -0.4 is 5.73 Å². The van der Waals surface area contributed by atoms with E-state index in [-0.39, 0.29) is 19.4 Å². The quantitative estimate of drug-likeness (QED) is 0.0302. The molecular formula is C48H94NO10P. The summed E-state index contributed by atoms with van der Waals surface area (Å²) < 4.78 is 32.8. The van der Waals surface area contributed by atoms with E-state index in [2.05, 4.69) is 18.4 Å². The van der Waals surface area contributed by atoms with E-state index in [0.29, 0.717) is 12.8 Å². The van der Waals surface area contributed by atoms with Gasteiger partial charge in [-0.3, -0.25) is 23.4 Å². The maximum atomic E-state index is 12.7. The molecule has 1 unspecified atom stereocenters. The van der Waals surface area contributed by atoms with Gasteiger partial charge in [0.15, 0.2) is 6.10 Å². The Labute approximate surface area is 367 Å². The number of carboxylic acid groups (broad SMARTS) is 1.